The van der Waals surface area contributed by atoms with Crippen molar-refractivity contribution in [1.29, 1.82) is 0 Å². The van der Waals surface area contributed by atoms with Gasteiger partial charge in [-0.3, -0.25) is 0 Å². The molecule has 1 N–H and O–H groups in total. The predicted octanol–water partition coefficient (Wildman–Crippen LogP) is 3.59. The van der Waals surface area contributed by atoms with Gasteiger partial charge in [0.15, 0.2) is 0 Å². The Morgan fingerprint density at radius 3 is 2.44 bits per heavy atom. The van der Waals surface area contributed by atoms with Gasteiger partial charge in [0.25, 0.3) is 0 Å². The van der Waals surface area contributed by atoms with Crippen molar-refractivity contribution in [3.63, 3.8) is 0 Å². The van der Waals surface area contributed by atoms with Gasteiger partial charge in [0.05, 0.1) is 0 Å². The van der Waals surface area contributed by atoms with Crippen LogP contribution in [-0.4, -0.2) is 29.1 Å². The largest absolute Gasteiger partial charge is 0.508 e. The highest BCUT2D eigenvalue weighted by molar-refractivity contribution is 5.25. The van der Waals surface area contributed by atoms with Gasteiger partial charge in [-0.05, 0) is 57.4 Å². The molecule has 1 aliphatic carbocycles. The fourth-order valence-corrected chi connectivity index (χ4v) is 2.91. The molecule has 1 saturated carbocycles. The summed E-state index contributed by atoms with van der Waals surface area (Å²) in [5, 5.41) is 9.26. The number of phenolic OH excluding ortho intramolecular Hbond substituents is 1. The molecule has 1 aromatic carbocycles. The Kier molecular flexibility index (Phi) is 4.65. The van der Waals surface area contributed by atoms with Crippen LogP contribution in [0.2, 0.25) is 0 Å². The first-order valence-electron chi connectivity index (χ1n) is 7.16. The number of benzene rings is 1. The van der Waals surface area contributed by atoms with Crippen molar-refractivity contribution in [2.45, 2.75) is 57.5 Å². The van der Waals surface area contributed by atoms with Crippen molar-refractivity contribution in [2.75, 3.05) is 7.05 Å². The normalized spacial score (nSPS) is 18.4. The number of aromatic hydroxyl groups is 1. The SMILES string of the molecule is CC(CCc1ccc(O)cc1)N(C)C1CCCC1. The van der Waals surface area contributed by atoms with Crippen LogP contribution in [0.15, 0.2) is 24.3 Å². The minimum Gasteiger partial charge on any atom is -0.508 e. The average Bonchev–Trinajstić information content (AvgIpc) is 2.90. The second kappa shape index (κ2) is 6.24. The van der Waals surface area contributed by atoms with Crippen LogP contribution in [0, 0.1) is 0 Å². The maximum atomic E-state index is 9.26. The molecule has 0 aliphatic heterocycles. The summed E-state index contributed by atoms with van der Waals surface area (Å²) < 4.78 is 0. The van der Waals surface area contributed by atoms with Crippen molar-refractivity contribution in [3.8, 4) is 5.75 Å². The van der Waals surface area contributed by atoms with Crippen molar-refractivity contribution in [3.05, 3.63) is 29.8 Å². The Morgan fingerprint density at radius 1 is 1.22 bits per heavy atom. The molecular formula is C16H25NO. The van der Waals surface area contributed by atoms with Gasteiger partial charge in [0.1, 0.15) is 5.75 Å². The summed E-state index contributed by atoms with van der Waals surface area (Å²) in [5.74, 6) is 0.356. The molecule has 1 atom stereocenters. The van der Waals surface area contributed by atoms with E-state index in [1.54, 1.807) is 12.1 Å². The molecule has 0 amide bonds. The summed E-state index contributed by atoms with van der Waals surface area (Å²) in [7, 11) is 2.28. The number of rotatable bonds is 5. The van der Waals surface area contributed by atoms with E-state index in [1.165, 1.54) is 37.7 Å². The highest BCUT2D eigenvalue weighted by atomic mass is 16.3. The summed E-state index contributed by atoms with van der Waals surface area (Å²) >= 11 is 0. The van der Waals surface area contributed by atoms with Gasteiger partial charge in [-0.2, -0.15) is 0 Å². The maximum Gasteiger partial charge on any atom is 0.115 e. The molecule has 2 heteroatoms. The molecule has 1 aliphatic rings. The van der Waals surface area contributed by atoms with Crippen LogP contribution in [0.5, 0.6) is 5.75 Å². The molecule has 1 aromatic rings. The Labute approximate surface area is 111 Å². The fourth-order valence-electron chi connectivity index (χ4n) is 2.91. The van der Waals surface area contributed by atoms with Crippen LogP contribution in [0.3, 0.4) is 0 Å². The van der Waals surface area contributed by atoms with Crippen molar-refractivity contribution >= 4 is 0 Å². The third kappa shape index (κ3) is 3.49. The lowest BCUT2D eigenvalue weighted by Crippen LogP contribution is -2.37. The van der Waals surface area contributed by atoms with E-state index in [1.807, 2.05) is 12.1 Å². The first kappa shape index (κ1) is 13.4. The molecule has 0 radical (unpaired) electrons. The third-order valence-electron chi connectivity index (χ3n) is 4.38. The molecule has 0 heterocycles. The average molecular weight is 247 g/mol. The predicted molar refractivity (Wildman–Crippen MR) is 75.9 cm³/mol. The van der Waals surface area contributed by atoms with Gasteiger partial charge in [-0.25, -0.2) is 0 Å². The van der Waals surface area contributed by atoms with E-state index in [0.717, 1.165) is 12.5 Å². The zero-order valence-electron chi connectivity index (χ0n) is 11.6. The van der Waals surface area contributed by atoms with Gasteiger partial charge < -0.3 is 10.0 Å². The first-order valence-corrected chi connectivity index (χ1v) is 7.16. The molecule has 0 aromatic heterocycles. The first-order chi connectivity index (χ1) is 8.66. The minimum atomic E-state index is 0.356. The summed E-state index contributed by atoms with van der Waals surface area (Å²) in [6.07, 6.45) is 7.84. The molecule has 2 rings (SSSR count). The molecule has 2 nitrogen and oxygen atoms in total. The van der Waals surface area contributed by atoms with Crippen LogP contribution in [-0.2, 0) is 6.42 Å². The highest BCUT2D eigenvalue weighted by Crippen LogP contribution is 2.25. The molecule has 0 saturated heterocycles. The smallest absolute Gasteiger partial charge is 0.115 e. The number of aryl methyl sites for hydroxylation is 1. The Morgan fingerprint density at radius 2 is 1.83 bits per heavy atom. The number of nitrogens with zero attached hydrogens (tertiary/aromatic N) is 1. The van der Waals surface area contributed by atoms with Crippen LogP contribution in [0.4, 0.5) is 0 Å². The monoisotopic (exact) mass is 247 g/mol. The number of hydrogen-bond acceptors (Lipinski definition) is 2. The molecule has 0 spiro atoms. The van der Waals surface area contributed by atoms with Crippen molar-refractivity contribution < 1.29 is 5.11 Å². The molecule has 1 unspecified atom stereocenters. The Balaban J connectivity index is 1.80. The van der Waals surface area contributed by atoms with Crippen LogP contribution < -0.4 is 0 Å². The van der Waals surface area contributed by atoms with E-state index in [9.17, 15) is 5.11 Å². The summed E-state index contributed by atoms with van der Waals surface area (Å²) in [4.78, 5) is 2.56. The topological polar surface area (TPSA) is 23.5 Å². The highest BCUT2D eigenvalue weighted by Gasteiger charge is 2.22. The van der Waals surface area contributed by atoms with Crippen LogP contribution >= 0.6 is 0 Å². The summed E-state index contributed by atoms with van der Waals surface area (Å²) in [6, 6.07) is 9.05. The van der Waals surface area contributed by atoms with Gasteiger partial charge in [0.2, 0.25) is 0 Å². The number of hydrogen-bond donors (Lipinski definition) is 1. The van der Waals surface area contributed by atoms with E-state index >= 15 is 0 Å². The lowest BCUT2D eigenvalue weighted by atomic mass is 10.0. The third-order valence-corrected chi connectivity index (χ3v) is 4.38. The molecule has 100 valence electrons. The molecule has 0 bridgehead atoms. The quantitative estimate of drug-likeness (QED) is 0.859. The summed E-state index contributed by atoms with van der Waals surface area (Å²) in [6.45, 7) is 2.33. The fraction of sp³-hybridized carbons (Fsp3) is 0.625. The van der Waals surface area contributed by atoms with Gasteiger partial charge >= 0.3 is 0 Å². The molecule has 18 heavy (non-hydrogen) atoms. The van der Waals surface area contributed by atoms with E-state index in [-0.39, 0.29) is 0 Å². The Hall–Kier alpha value is -1.02. The maximum absolute atomic E-state index is 9.26. The lowest BCUT2D eigenvalue weighted by molar-refractivity contribution is 0.178. The van der Waals surface area contributed by atoms with Gasteiger partial charge in [0, 0.05) is 12.1 Å². The van der Waals surface area contributed by atoms with Crippen LogP contribution in [0.1, 0.15) is 44.6 Å². The van der Waals surface area contributed by atoms with Crippen LogP contribution in [0.25, 0.3) is 0 Å². The zero-order chi connectivity index (χ0) is 13.0. The standard InChI is InChI=1S/C16H25NO/c1-13(17(2)15-5-3-4-6-15)7-8-14-9-11-16(18)12-10-14/h9-13,15,18H,3-8H2,1-2H3. The van der Waals surface area contributed by atoms with E-state index in [4.69, 9.17) is 0 Å². The van der Waals surface area contributed by atoms with Gasteiger partial charge in [-0.1, -0.05) is 25.0 Å². The van der Waals surface area contributed by atoms with E-state index in [2.05, 4.69) is 18.9 Å². The van der Waals surface area contributed by atoms with Gasteiger partial charge in [-0.15, -0.1) is 0 Å². The zero-order valence-corrected chi connectivity index (χ0v) is 11.6. The lowest BCUT2D eigenvalue weighted by Gasteiger charge is -2.30. The van der Waals surface area contributed by atoms with Crippen molar-refractivity contribution in [1.82, 2.24) is 4.90 Å². The second-order valence-electron chi connectivity index (χ2n) is 5.66. The van der Waals surface area contributed by atoms with E-state index in [0.29, 0.717) is 11.8 Å². The molecular weight excluding hydrogens is 222 g/mol. The van der Waals surface area contributed by atoms with Crippen molar-refractivity contribution in [2.24, 2.45) is 0 Å². The minimum absolute atomic E-state index is 0.356. The summed E-state index contributed by atoms with van der Waals surface area (Å²) in [5.41, 5.74) is 1.32. The molecule has 1 fully saturated rings. The number of phenols is 1. The second-order valence-corrected chi connectivity index (χ2v) is 5.66. The Bertz CT molecular complexity index is 354. The van der Waals surface area contributed by atoms with E-state index < -0.39 is 0 Å².